The summed E-state index contributed by atoms with van der Waals surface area (Å²) in [5, 5.41) is 3.06. The van der Waals surface area contributed by atoms with E-state index >= 15 is 0 Å². The lowest BCUT2D eigenvalue weighted by atomic mass is 10.2. The van der Waals surface area contributed by atoms with Crippen molar-refractivity contribution >= 4 is 27.9 Å². The molecule has 5 aromatic rings. The molecule has 0 amide bonds. The highest BCUT2D eigenvalue weighted by molar-refractivity contribution is 5.82. The lowest BCUT2D eigenvalue weighted by molar-refractivity contribution is 0.625. The van der Waals surface area contributed by atoms with Crippen LogP contribution in [-0.4, -0.2) is 29.5 Å². The number of aromatic nitrogens is 6. The van der Waals surface area contributed by atoms with Crippen molar-refractivity contribution < 1.29 is 8.78 Å². The number of fused-ring (bicyclic) bond motifs is 2. The molecule has 1 atom stereocenters. The molecular formula is C21H15F2N7O. The van der Waals surface area contributed by atoms with Gasteiger partial charge in [-0.05, 0) is 43.3 Å². The maximum Gasteiger partial charge on any atom is 0.269 e. The second kappa shape index (κ2) is 7.24. The van der Waals surface area contributed by atoms with Gasteiger partial charge >= 0.3 is 0 Å². The van der Waals surface area contributed by atoms with E-state index in [4.69, 9.17) is 0 Å². The van der Waals surface area contributed by atoms with E-state index in [1.54, 1.807) is 13.0 Å². The Bertz CT molecular complexity index is 1480. The molecule has 0 fully saturated rings. The molecule has 0 saturated carbocycles. The zero-order valence-corrected chi connectivity index (χ0v) is 16.2. The van der Waals surface area contributed by atoms with Gasteiger partial charge in [0, 0.05) is 0 Å². The number of nitrogens with one attached hydrogen (secondary N) is 2. The number of imidazole rings is 1. The minimum absolute atomic E-state index is 0.138. The third-order valence-corrected chi connectivity index (χ3v) is 4.92. The maximum absolute atomic E-state index is 14.5. The van der Waals surface area contributed by atoms with Crippen LogP contribution in [0, 0.1) is 11.6 Å². The fourth-order valence-electron chi connectivity index (χ4n) is 3.48. The van der Waals surface area contributed by atoms with Crippen molar-refractivity contribution in [3.8, 4) is 5.69 Å². The second-order valence-corrected chi connectivity index (χ2v) is 6.91. The Morgan fingerprint density at radius 1 is 1.06 bits per heavy atom. The van der Waals surface area contributed by atoms with Crippen LogP contribution in [0.2, 0.25) is 0 Å². The molecule has 0 aliphatic carbocycles. The van der Waals surface area contributed by atoms with E-state index in [1.807, 2.05) is 0 Å². The Morgan fingerprint density at radius 3 is 2.68 bits per heavy atom. The quantitative estimate of drug-likeness (QED) is 0.462. The monoisotopic (exact) mass is 419 g/mol. The molecule has 0 aliphatic rings. The number of anilines is 1. The van der Waals surface area contributed by atoms with Crippen LogP contribution in [-0.2, 0) is 0 Å². The first-order valence-corrected chi connectivity index (χ1v) is 9.40. The van der Waals surface area contributed by atoms with Gasteiger partial charge in [-0.25, -0.2) is 28.7 Å². The summed E-state index contributed by atoms with van der Waals surface area (Å²) in [7, 11) is 0. The molecule has 0 saturated heterocycles. The Balaban J connectivity index is 1.71. The number of benzene rings is 2. The number of H-pyrrole nitrogens is 1. The van der Waals surface area contributed by atoms with E-state index in [0.29, 0.717) is 28.5 Å². The summed E-state index contributed by atoms with van der Waals surface area (Å²) >= 11 is 0. The third-order valence-electron chi connectivity index (χ3n) is 4.92. The molecule has 10 heteroatoms. The van der Waals surface area contributed by atoms with Gasteiger partial charge in [0.05, 0.1) is 23.6 Å². The van der Waals surface area contributed by atoms with E-state index < -0.39 is 23.2 Å². The van der Waals surface area contributed by atoms with Crippen LogP contribution in [0.4, 0.5) is 14.6 Å². The van der Waals surface area contributed by atoms with Crippen molar-refractivity contribution in [1.82, 2.24) is 29.5 Å². The number of hydrogen-bond acceptors (Lipinski definition) is 6. The van der Waals surface area contributed by atoms with E-state index in [0.717, 1.165) is 0 Å². The Hall–Kier alpha value is -4.21. The third kappa shape index (κ3) is 3.18. The van der Waals surface area contributed by atoms with Crippen LogP contribution in [0.5, 0.6) is 0 Å². The highest BCUT2D eigenvalue weighted by Gasteiger charge is 2.21. The van der Waals surface area contributed by atoms with Crippen molar-refractivity contribution in [3.63, 3.8) is 0 Å². The topological polar surface area (TPSA) is 101 Å². The van der Waals surface area contributed by atoms with Gasteiger partial charge in [0.15, 0.2) is 11.5 Å². The first-order chi connectivity index (χ1) is 15.0. The molecule has 2 N–H and O–H groups in total. The van der Waals surface area contributed by atoms with Gasteiger partial charge in [0.1, 0.15) is 34.7 Å². The highest BCUT2D eigenvalue weighted by Crippen LogP contribution is 2.24. The van der Waals surface area contributed by atoms with Crippen LogP contribution < -0.4 is 10.9 Å². The Morgan fingerprint density at radius 2 is 1.87 bits per heavy atom. The summed E-state index contributed by atoms with van der Waals surface area (Å²) in [5.41, 5.74) is 1.07. The van der Waals surface area contributed by atoms with Crippen molar-refractivity contribution in [1.29, 1.82) is 0 Å². The molecule has 8 nitrogen and oxygen atoms in total. The van der Waals surface area contributed by atoms with E-state index in [-0.39, 0.29) is 10.9 Å². The maximum atomic E-state index is 14.5. The predicted molar refractivity (Wildman–Crippen MR) is 111 cm³/mol. The summed E-state index contributed by atoms with van der Waals surface area (Å²) < 4.78 is 29.2. The highest BCUT2D eigenvalue weighted by atomic mass is 19.1. The molecule has 31 heavy (non-hydrogen) atoms. The molecule has 0 bridgehead atoms. The minimum Gasteiger partial charge on any atom is -0.358 e. The van der Waals surface area contributed by atoms with Crippen molar-refractivity contribution in [2.45, 2.75) is 13.0 Å². The molecule has 0 aliphatic heterocycles. The van der Waals surface area contributed by atoms with Crippen LogP contribution in [0.3, 0.4) is 0 Å². The van der Waals surface area contributed by atoms with Gasteiger partial charge < -0.3 is 10.3 Å². The Labute approximate surface area is 173 Å². The fraction of sp³-hybridized carbons (Fsp3) is 0.0952. The standard InChI is InChI=1S/C21H15F2N7O/c1-11(28-19-17-18(25-9-24-17)26-10-27-19)20-29-15-4-2-3-14(23)16(15)21(31)30(20)13-7-5-12(22)6-8-13/h2-11H,1H3,(H2,24,25,26,27,28)/t11-/m1/s1. The van der Waals surface area contributed by atoms with Crippen molar-refractivity contribution in [2.75, 3.05) is 5.32 Å². The summed E-state index contributed by atoms with van der Waals surface area (Å²) in [6, 6.07) is 9.08. The molecular weight excluding hydrogens is 404 g/mol. The predicted octanol–water partition coefficient (Wildman–Crippen LogP) is 3.50. The summed E-state index contributed by atoms with van der Waals surface area (Å²) in [4.78, 5) is 33.2. The summed E-state index contributed by atoms with van der Waals surface area (Å²) in [6.45, 7) is 1.79. The van der Waals surface area contributed by atoms with Gasteiger partial charge in [0.25, 0.3) is 5.56 Å². The molecule has 5 rings (SSSR count). The molecule has 0 spiro atoms. The molecule has 0 radical (unpaired) electrons. The number of nitrogens with zero attached hydrogens (tertiary/aromatic N) is 5. The zero-order chi connectivity index (χ0) is 21.5. The summed E-state index contributed by atoms with van der Waals surface area (Å²) in [5.74, 6) is -0.352. The first kappa shape index (κ1) is 18.8. The lowest BCUT2D eigenvalue weighted by Crippen LogP contribution is -2.28. The average Bonchev–Trinajstić information content (AvgIpc) is 3.24. The normalized spacial score (nSPS) is 12.4. The lowest BCUT2D eigenvalue weighted by Gasteiger charge is -2.20. The molecule has 154 valence electrons. The number of halogens is 2. The van der Waals surface area contributed by atoms with Crippen LogP contribution in [0.25, 0.3) is 27.8 Å². The van der Waals surface area contributed by atoms with Crippen LogP contribution in [0.15, 0.2) is 59.9 Å². The molecule has 2 aromatic carbocycles. The van der Waals surface area contributed by atoms with Gasteiger partial charge in [-0.1, -0.05) is 6.07 Å². The van der Waals surface area contributed by atoms with Crippen LogP contribution >= 0.6 is 0 Å². The summed E-state index contributed by atoms with van der Waals surface area (Å²) in [6.07, 6.45) is 2.87. The minimum atomic E-state index is -0.673. The van der Waals surface area contributed by atoms with Crippen LogP contribution in [0.1, 0.15) is 18.8 Å². The Kier molecular flexibility index (Phi) is 4.39. The SMILES string of the molecule is C[C@@H](Nc1ncnc2nc[nH]c12)c1nc2cccc(F)c2c(=O)n1-c1ccc(F)cc1. The fourth-order valence-corrected chi connectivity index (χ4v) is 3.48. The van der Waals surface area contributed by atoms with Crippen molar-refractivity contribution in [2.24, 2.45) is 0 Å². The van der Waals surface area contributed by atoms with E-state index in [2.05, 4.69) is 30.2 Å². The van der Waals surface area contributed by atoms with Crippen molar-refractivity contribution in [3.05, 3.63) is 82.9 Å². The average molecular weight is 419 g/mol. The smallest absolute Gasteiger partial charge is 0.269 e. The number of aromatic amines is 1. The number of rotatable bonds is 4. The van der Waals surface area contributed by atoms with Gasteiger partial charge in [0.2, 0.25) is 0 Å². The van der Waals surface area contributed by atoms with E-state index in [1.165, 1.54) is 53.6 Å². The van der Waals surface area contributed by atoms with Gasteiger partial charge in [-0.3, -0.25) is 9.36 Å². The first-order valence-electron chi connectivity index (χ1n) is 9.40. The molecule has 3 aromatic heterocycles. The number of hydrogen-bond donors (Lipinski definition) is 2. The molecule has 3 heterocycles. The second-order valence-electron chi connectivity index (χ2n) is 6.91. The van der Waals surface area contributed by atoms with Gasteiger partial charge in [-0.15, -0.1) is 0 Å². The van der Waals surface area contributed by atoms with Gasteiger partial charge in [-0.2, -0.15) is 0 Å². The molecule has 0 unspecified atom stereocenters. The largest absolute Gasteiger partial charge is 0.358 e. The zero-order valence-electron chi connectivity index (χ0n) is 16.2. The van der Waals surface area contributed by atoms with E-state index in [9.17, 15) is 13.6 Å².